The third kappa shape index (κ3) is 1.63. The van der Waals surface area contributed by atoms with E-state index in [1.807, 2.05) is 6.07 Å². The van der Waals surface area contributed by atoms with Gasteiger partial charge in [-0.05, 0) is 36.1 Å². The van der Waals surface area contributed by atoms with Gasteiger partial charge in [-0.2, -0.15) is 0 Å². The minimum absolute atomic E-state index is 0.435. The fraction of sp³-hybridized carbons (Fsp3) is 0.278. The summed E-state index contributed by atoms with van der Waals surface area (Å²) >= 11 is 0. The maximum Gasteiger partial charge on any atom is 0.326 e. The SMILES string of the molecule is Cc1cc(C)c2c(c1)-c1cccc3c1N(C2)[C@@H](C(=O)O)C3. The second-order valence-electron chi connectivity index (χ2n) is 6.11. The molecule has 2 aliphatic rings. The topological polar surface area (TPSA) is 40.5 Å². The maximum atomic E-state index is 11.6. The molecule has 2 aromatic rings. The van der Waals surface area contributed by atoms with Crippen molar-refractivity contribution in [3.63, 3.8) is 0 Å². The van der Waals surface area contributed by atoms with Crippen LogP contribution >= 0.6 is 0 Å². The zero-order chi connectivity index (χ0) is 14.7. The van der Waals surface area contributed by atoms with E-state index in [-0.39, 0.29) is 0 Å². The zero-order valence-corrected chi connectivity index (χ0v) is 12.2. The number of para-hydroxylation sites is 1. The van der Waals surface area contributed by atoms with Crippen LogP contribution in [0.3, 0.4) is 0 Å². The predicted octanol–water partition coefficient (Wildman–Crippen LogP) is 3.30. The first kappa shape index (κ1) is 12.5. The van der Waals surface area contributed by atoms with Gasteiger partial charge in [-0.1, -0.05) is 35.9 Å². The molecular formula is C18H17NO2. The summed E-state index contributed by atoms with van der Waals surface area (Å²) in [5.41, 5.74) is 8.50. The van der Waals surface area contributed by atoms with Crippen LogP contribution in [0.4, 0.5) is 5.69 Å². The number of hydrogen-bond donors (Lipinski definition) is 1. The molecule has 0 fully saturated rings. The van der Waals surface area contributed by atoms with Gasteiger partial charge in [0.25, 0.3) is 0 Å². The van der Waals surface area contributed by atoms with E-state index < -0.39 is 12.0 Å². The molecule has 0 bridgehead atoms. The van der Waals surface area contributed by atoms with Crippen molar-refractivity contribution in [2.75, 3.05) is 4.90 Å². The summed E-state index contributed by atoms with van der Waals surface area (Å²) in [7, 11) is 0. The van der Waals surface area contributed by atoms with Gasteiger partial charge >= 0.3 is 5.97 Å². The van der Waals surface area contributed by atoms with Gasteiger partial charge in [-0.3, -0.25) is 0 Å². The molecule has 0 aromatic heterocycles. The first-order valence-electron chi connectivity index (χ1n) is 7.28. The lowest BCUT2D eigenvalue weighted by molar-refractivity contribution is -0.138. The van der Waals surface area contributed by atoms with Crippen molar-refractivity contribution in [2.24, 2.45) is 0 Å². The largest absolute Gasteiger partial charge is 0.480 e. The average molecular weight is 279 g/mol. The second-order valence-corrected chi connectivity index (χ2v) is 6.11. The molecule has 0 amide bonds. The van der Waals surface area contributed by atoms with Gasteiger partial charge in [0.2, 0.25) is 0 Å². The Balaban J connectivity index is 2.00. The molecule has 4 rings (SSSR count). The summed E-state index contributed by atoms with van der Waals surface area (Å²) in [6.45, 7) is 4.93. The third-order valence-electron chi connectivity index (χ3n) is 4.72. The highest BCUT2D eigenvalue weighted by Gasteiger charge is 2.39. The number of aliphatic carboxylic acids is 1. The Labute approximate surface area is 123 Å². The smallest absolute Gasteiger partial charge is 0.326 e. The van der Waals surface area contributed by atoms with Crippen LogP contribution in [-0.4, -0.2) is 17.1 Å². The van der Waals surface area contributed by atoms with Crippen LogP contribution in [0.15, 0.2) is 30.3 Å². The Bertz CT molecular complexity index is 779. The third-order valence-corrected chi connectivity index (χ3v) is 4.72. The summed E-state index contributed by atoms with van der Waals surface area (Å²) in [6.07, 6.45) is 0.602. The first-order chi connectivity index (χ1) is 10.1. The van der Waals surface area contributed by atoms with Gasteiger partial charge in [0, 0.05) is 24.2 Å². The number of nitrogens with zero attached hydrogens (tertiary/aromatic N) is 1. The van der Waals surface area contributed by atoms with Crippen LogP contribution in [0.5, 0.6) is 0 Å². The molecule has 1 atom stereocenters. The summed E-state index contributed by atoms with van der Waals surface area (Å²) in [6, 6.07) is 10.2. The lowest BCUT2D eigenvalue weighted by atomic mass is 9.89. The number of anilines is 1. The second kappa shape index (κ2) is 4.10. The molecule has 21 heavy (non-hydrogen) atoms. The Kier molecular flexibility index (Phi) is 2.43. The summed E-state index contributed by atoms with van der Waals surface area (Å²) < 4.78 is 0. The van der Waals surface area contributed by atoms with Gasteiger partial charge < -0.3 is 10.0 Å². The number of carboxylic acid groups (broad SMARTS) is 1. The van der Waals surface area contributed by atoms with Crippen molar-refractivity contribution in [3.8, 4) is 11.1 Å². The number of fused-ring (bicyclic) bond motifs is 2. The number of carboxylic acids is 1. The Morgan fingerprint density at radius 2 is 2.05 bits per heavy atom. The van der Waals surface area contributed by atoms with Gasteiger partial charge in [0.05, 0.1) is 0 Å². The van der Waals surface area contributed by atoms with Crippen molar-refractivity contribution in [2.45, 2.75) is 32.9 Å². The number of hydrogen-bond acceptors (Lipinski definition) is 2. The predicted molar refractivity (Wildman–Crippen MR) is 82.7 cm³/mol. The van der Waals surface area contributed by atoms with Crippen molar-refractivity contribution in [1.82, 2.24) is 0 Å². The molecule has 0 saturated carbocycles. The molecule has 0 radical (unpaired) electrons. The highest BCUT2D eigenvalue weighted by atomic mass is 16.4. The van der Waals surface area contributed by atoms with Crippen LogP contribution in [0, 0.1) is 13.8 Å². The molecule has 1 N–H and O–H groups in total. The summed E-state index contributed by atoms with van der Waals surface area (Å²) in [5.74, 6) is -0.731. The normalized spacial score (nSPS) is 18.4. The minimum Gasteiger partial charge on any atom is -0.480 e. The van der Waals surface area contributed by atoms with Crippen molar-refractivity contribution in [1.29, 1.82) is 0 Å². The molecule has 0 aliphatic carbocycles. The average Bonchev–Trinajstić information content (AvgIpc) is 2.81. The van der Waals surface area contributed by atoms with Crippen LogP contribution in [-0.2, 0) is 17.8 Å². The molecule has 2 heterocycles. The highest BCUT2D eigenvalue weighted by molar-refractivity contribution is 5.93. The Morgan fingerprint density at radius 3 is 2.81 bits per heavy atom. The van der Waals surface area contributed by atoms with Crippen LogP contribution in [0.25, 0.3) is 11.1 Å². The van der Waals surface area contributed by atoms with E-state index >= 15 is 0 Å². The molecule has 0 saturated heterocycles. The van der Waals surface area contributed by atoms with Gasteiger partial charge in [0.1, 0.15) is 6.04 Å². The summed E-state index contributed by atoms with van der Waals surface area (Å²) in [4.78, 5) is 13.7. The fourth-order valence-electron chi connectivity index (χ4n) is 3.81. The monoisotopic (exact) mass is 279 g/mol. The van der Waals surface area contributed by atoms with Crippen molar-refractivity contribution >= 4 is 11.7 Å². The molecule has 3 nitrogen and oxygen atoms in total. The van der Waals surface area contributed by atoms with E-state index in [4.69, 9.17) is 0 Å². The molecule has 0 unspecified atom stereocenters. The quantitative estimate of drug-likeness (QED) is 0.870. The molecule has 2 aliphatic heterocycles. The molecule has 0 spiro atoms. The molecule has 3 heteroatoms. The minimum atomic E-state index is -0.731. The first-order valence-corrected chi connectivity index (χ1v) is 7.28. The number of benzene rings is 2. The van der Waals surface area contributed by atoms with Crippen LogP contribution < -0.4 is 4.90 Å². The zero-order valence-electron chi connectivity index (χ0n) is 12.2. The van der Waals surface area contributed by atoms with Crippen LogP contribution in [0.2, 0.25) is 0 Å². The lowest BCUT2D eigenvalue weighted by Crippen LogP contribution is -2.39. The lowest BCUT2D eigenvalue weighted by Gasteiger charge is -2.33. The van der Waals surface area contributed by atoms with E-state index in [1.165, 1.54) is 27.8 Å². The molecule has 106 valence electrons. The number of aryl methyl sites for hydroxylation is 2. The fourth-order valence-corrected chi connectivity index (χ4v) is 3.81. The molecular weight excluding hydrogens is 262 g/mol. The standard InChI is InChI=1S/C18H17NO2/c1-10-6-11(2)15-9-19-16(18(20)21)8-12-4-3-5-13(17(12)19)14(15)7-10/h3-7,16H,8-9H2,1-2H3,(H,20,21)/t16-/m1/s1. The highest BCUT2D eigenvalue weighted by Crippen LogP contribution is 2.47. The number of carbonyl (C=O) groups is 1. The van der Waals surface area contributed by atoms with Gasteiger partial charge in [-0.15, -0.1) is 0 Å². The Morgan fingerprint density at radius 1 is 1.24 bits per heavy atom. The van der Waals surface area contributed by atoms with Crippen molar-refractivity contribution in [3.05, 3.63) is 52.6 Å². The van der Waals surface area contributed by atoms with Crippen LogP contribution in [0.1, 0.15) is 22.3 Å². The van der Waals surface area contributed by atoms with Gasteiger partial charge in [0.15, 0.2) is 0 Å². The van der Waals surface area contributed by atoms with E-state index in [0.717, 1.165) is 11.3 Å². The van der Waals surface area contributed by atoms with Gasteiger partial charge in [-0.25, -0.2) is 4.79 Å². The maximum absolute atomic E-state index is 11.6. The number of rotatable bonds is 1. The van der Waals surface area contributed by atoms with Crippen molar-refractivity contribution < 1.29 is 9.90 Å². The summed E-state index contributed by atoms with van der Waals surface area (Å²) in [5, 5.41) is 9.52. The van der Waals surface area contributed by atoms with E-state index in [1.54, 1.807) is 0 Å². The molecule has 2 aromatic carbocycles. The van der Waals surface area contributed by atoms with E-state index in [2.05, 4.69) is 43.0 Å². The Hall–Kier alpha value is -2.29. The van der Waals surface area contributed by atoms with E-state index in [0.29, 0.717) is 13.0 Å². The van der Waals surface area contributed by atoms with E-state index in [9.17, 15) is 9.90 Å².